The molecule has 0 saturated carbocycles. The van der Waals surface area contributed by atoms with Crippen LogP contribution in [0, 0.1) is 11.3 Å². The molecule has 0 heterocycles. The molecule has 0 amide bonds. The number of carbonyl (C=O) groups excluding carboxylic acids is 1. The van der Waals surface area contributed by atoms with Crippen molar-refractivity contribution in [3.63, 3.8) is 0 Å². The van der Waals surface area contributed by atoms with Crippen LogP contribution < -0.4 is 14.2 Å². The number of benzene rings is 3. The molecule has 0 spiro atoms. The summed E-state index contributed by atoms with van der Waals surface area (Å²) in [6, 6.07) is 19.5. The van der Waals surface area contributed by atoms with Crippen molar-refractivity contribution < 1.29 is 19.0 Å². The van der Waals surface area contributed by atoms with Gasteiger partial charge in [0, 0.05) is 9.50 Å². The molecule has 0 aliphatic heterocycles. The molecule has 8 heteroatoms. The molecule has 32 heavy (non-hydrogen) atoms. The van der Waals surface area contributed by atoms with Gasteiger partial charge in [0.2, 0.25) is 0 Å². The lowest BCUT2D eigenvalue weighted by Crippen LogP contribution is -2.18. The third kappa shape index (κ3) is 6.36. The fraction of sp³-hybridized carbons (Fsp3) is 0.0833. The summed E-state index contributed by atoms with van der Waals surface area (Å²) < 4.78 is 17.9. The maximum atomic E-state index is 12.3. The largest absolute Gasteiger partial charge is 0.493 e. The number of esters is 1. The highest BCUT2D eigenvalue weighted by Crippen LogP contribution is 2.31. The molecule has 0 atom stereocenters. The second-order valence-corrected chi connectivity index (χ2v) is 8.63. The zero-order chi connectivity index (χ0) is 23.1. The number of allylic oxidation sites excluding steroid dienone is 1. The summed E-state index contributed by atoms with van der Waals surface area (Å²) in [6.07, 6.45) is 1.71. The summed E-state index contributed by atoms with van der Waals surface area (Å²) in [4.78, 5) is 12.3. The van der Waals surface area contributed by atoms with E-state index in [4.69, 9.17) is 25.8 Å². The molecular weight excluding hydrogens is 562 g/mol. The standard InChI is InChI=1S/C24H16Br2ClNO4/c1-30-23-11-15(10-17(13-28)16-3-6-19(27)7-4-16)2-8-22(23)32-24(29)14-31-21-9-5-18(25)12-20(21)26/h2-12H,14H2,1H3. The summed E-state index contributed by atoms with van der Waals surface area (Å²) in [5.41, 5.74) is 1.91. The van der Waals surface area contributed by atoms with Gasteiger partial charge in [-0.2, -0.15) is 5.26 Å². The van der Waals surface area contributed by atoms with Crippen molar-refractivity contribution in [3.05, 3.63) is 85.8 Å². The predicted octanol–water partition coefficient (Wildman–Crippen LogP) is 6.92. The Balaban J connectivity index is 1.72. The Morgan fingerprint density at radius 3 is 2.41 bits per heavy atom. The molecule has 0 unspecified atom stereocenters. The Bertz CT molecular complexity index is 1200. The number of rotatable bonds is 7. The van der Waals surface area contributed by atoms with Crippen LogP contribution in [0.25, 0.3) is 11.6 Å². The van der Waals surface area contributed by atoms with Crippen molar-refractivity contribution in [1.82, 2.24) is 0 Å². The van der Waals surface area contributed by atoms with Crippen molar-refractivity contribution in [2.45, 2.75) is 0 Å². The molecular formula is C24H16Br2ClNO4. The summed E-state index contributed by atoms with van der Waals surface area (Å²) in [6.45, 7) is -0.278. The molecule has 162 valence electrons. The monoisotopic (exact) mass is 575 g/mol. The van der Waals surface area contributed by atoms with Crippen LogP contribution in [0.15, 0.2) is 69.6 Å². The minimum Gasteiger partial charge on any atom is -0.493 e. The van der Waals surface area contributed by atoms with E-state index in [1.807, 2.05) is 6.07 Å². The van der Waals surface area contributed by atoms with Crippen molar-refractivity contribution in [2.75, 3.05) is 13.7 Å². The van der Waals surface area contributed by atoms with Gasteiger partial charge in [-0.1, -0.05) is 45.7 Å². The maximum Gasteiger partial charge on any atom is 0.349 e. The molecule has 5 nitrogen and oxygen atoms in total. The third-order valence-corrected chi connectivity index (χ3v) is 5.60. The smallest absolute Gasteiger partial charge is 0.349 e. The number of halogens is 3. The van der Waals surface area contributed by atoms with Gasteiger partial charge in [-0.05, 0) is 75.6 Å². The number of nitriles is 1. The number of hydrogen-bond acceptors (Lipinski definition) is 5. The van der Waals surface area contributed by atoms with Gasteiger partial charge < -0.3 is 14.2 Å². The molecule has 3 aromatic rings. The van der Waals surface area contributed by atoms with E-state index in [9.17, 15) is 10.1 Å². The molecule has 0 fully saturated rings. The minimum absolute atomic E-state index is 0.248. The van der Waals surface area contributed by atoms with Crippen LogP contribution in [-0.2, 0) is 4.79 Å². The van der Waals surface area contributed by atoms with Crippen LogP contribution in [0.1, 0.15) is 11.1 Å². The van der Waals surface area contributed by atoms with Crippen LogP contribution in [0.2, 0.25) is 5.02 Å². The van der Waals surface area contributed by atoms with Crippen LogP contribution in [0.5, 0.6) is 17.2 Å². The molecule has 0 saturated heterocycles. The summed E-state index contributed by atoms with van der Waals surface area (Å²) in [7, 11) is 1.47. The van der Waals surface area contributed by atoms with E-state index in [1.54, 1.807) is 60.7 Å². The lowest BCUT2D eigenvalue weighted by molar-refractivity contribution is -0.136. The first-order valence-electron chi connectivity index (χ1n) is 9.24. The Morgan fingerprint density at radius 2 is 1.75 bits per heavy atom. The zero-order valence-electron chi connectivity index (χ0n) is 16.8. The van der Waals surface area contributed by atoms with Crippen molar-refractivity contribution in [2.24, 2.45) is 0 Å². The maximum absolute atomic E-state index is 12.3. The molecule has 0 bridgehead atoms. The van der Waals surface area contributed by atoms with Gasteiger partial charge in [0.15, 0.2) is 18.1 Å². The zero-order valence-corrected chi connectivity index (χ0v) is 20.7. The Labute approximate surface area is 207 Å². The molecule has 0 radical (unpaired) electrons. The molecule has 0 aromatic heterocycles. The molecule has 3 rings (SSSR count). The van der Waals surface area contributed by atoms with Gasteiger partial charge in [0.05, 0.1) is 23.2 Å². The van der Waals surface area contributed by atoms with Crippen LogP contribution in [0.4, 0.5) is 0 Å². The first kappa shape index (κ1) is 23.9. The molecule has 0 aliphatic rings. The topological polar surface area (TPSA) is 68.5 Å². The average Bonchev–Trinajstić information content (AvgIpc) is 2.78. The predicted molar refractivity (Wildman–Crippen MR) is 131 cm³/mol. The van der Waals surface area contributed by atoms with Gasteiger partial charge in [-0.25, -0.2) is 4.79 Å². The van der Waals surface area contributed by atoms with Crippen LogP contribution in [-0.4, -0.2) is 19.7 Å². The second kappa shape index (κ2) is 11.2. The van der Waals surface area contributed by atoms with E-state index >= 15 is 0 Å². The van der Waals surface area contributed by atoms with Crippen molar-refractivity contribution in [3.8, 4) is 23.3 Å². The highest BCUT2D eigenvalue weighted by atomic mass is 79.9. The lowest BCUT2D eigenvalue weighted by Gasteiger charge is -2.11. The first-order chi connectivity index (χ1) is 15.4. The normalized spacial score (nSPS) is 10.9. The van der Waals surface area contributed by atoms with Crippen molar-refractivity contribution in [1.29, 1.82) is 5.26 Å². The van der Waals surface area contributed by atoms with Crippen LogP contribution >= 0.6 is 43.5 Å². The molecule has 0 aliphatic carbocycles. The van der Waals surface area contributed by atoms with Crippen molar-refractivity contribution >= 4 is 61.1 Å². The average molecular weight is 578 g/mol. The number of hydrogen-bond donors (Lipinski definition) is 0. The Kier molecular flexibility index (Phi) is 8.34. The number of methoxy groups -OCH3 is 1. The Hall–Kier alpha value is -2.79. The fourth-order valence-electron chi connectivity index (χ4n) is 2.72. The van der Waals surface area contributed by atoms with E-state index < -0.39 is 5.97 Å². The number of nitrogens with zero attached hydrogens (tertiary/aromatic N) is 1. The van der Waals surface area contributed by atoms with Gasteiger partial charge in [0.25, 0.3) is 0 Å². The van der Waals surface area contributed by atoms with E-state index in [0.29, 0.717) is 32.1 Å². The fourth-order valence-corrected chi connectivity index (χ4v) is 4.00. The highest BCUT2D eigenvalue weighted by molar-refractivity contribution is 9.11. The molecule has 3 aromatic carbocycles. The third-order valence-electron chi connectivity index (χ3n) is 4.24. The summed E-state index contributed by atoms with van der Waals surface area (Å²) in [5.74, 6) is 0.535. The van der Waals surface area contributed by atoms with E-state index in [0.717, 1.165) is 10.0 Å². The summed E-state index contributed by atoms with van der Waals surface area (Å²) in [5, 5.41) is 10.1. The van der Waals surface area contributed by atoms with Gasteiger partial charge in [-0.3, -0.25) is 0 Å². The second-order valence-electron chi connectivity index (χ2n) is 6.42. The van der Waals surface area contributed by atoms with Gasteiger partial charge >= 0.3 is 5.97 Å². The van der Waals surface area contributed by atoms with Gasteiger partial charge in [0.1, 0.15) is 5.75 Å². The molecule has 0 N–H and O–H groups in total. The highest BCUT2D eigenvalue weighted by Gasteiger charge is 2.13. The Morgan fingerprint density at radius 1 is 1.03 bits per heavy atom. The van der Waals surface area contributed by atoms with E-state index in [2.05, 4.69) is 37.9 Å². The summed E-state index contributed by atoms with van der Waals surface area (Å²) >= 11 is 12.7. The van der Waals surface area contributed by atoms with Crippen LogP contribution in [0.3, 0.4) is 0 Å². The van der Waals surface area contributed by atoms with E-state index in [-0.39, 0.29) is 12.4 Å². The minimum atomic E-state index is -0.583. The lowest BCUT2D eigenvalue weighted by atomic mass is 10.0. The quantitative estimate of drug-likeness (QED) is 0.132. The SMILES string of the molecule is COc1cc(C=C(C#N)c2ccc(Cl)cc2)ccc1OC(=O)COc1ccc(Br)cc1Br. The number of ether oxygens (including phenoxy) is 3. The number of carbonyl (C=O) groups is 1. The van der Waals surface area contributed by atoms with E-state index in [1.165, 1.54) is 7.11 Å². The van der Waals surface area contributed by atoms with Gasteiger partial charge in [-0.15, -0.1) is 0 Å². The first-order valence-corrected chi connectivity index (χ1v) is 11.2.